The van der Waals surface area contributed by atoms with Crippen molar-refractivity contribution in [1.82, 2.24) is 20.3 Å². The zero-order chi connectivity index (χ0) is 20.1. The fraction of sp³-hybridized carbons (Fsp3) is 0.174. The minimum absolute atomic E-state index is 0.165. The summed E-state index contributed by atoms with van der Waals surface area (Å²) in [6, 6.07) is 18.3. The van der Waals surface area contributed by atoms with Crippen LogP contribution in [0.1, 0.15) is 21.5 Å². The second kappa shape index (κ2) is 8.56. The summed E-state index contributed by atoms with van der Waals surface area (Å²) in [6.07, 6.45) is 5.90. The molecule has 1 amide bonds. The number of rotatable bonds is 7. The van der Waals surface area contributed by atoms with Crippen LogP contribution in [-0.2, 0) is 13.0 Å². The van der Waals surface area contributed by atoms with Crippen molar-refractivity contribution in [2.45, 2.75) is 13.0 Å². The first-order chi connectivity index (χ1) is 14.2. The van der Waals surface area contributed by atoms with E-state index in [0.717, 1.165) is 11.9 Å². The minimum atomic E-state index is -0.165. The van der Waals surface area contributed by atoms with Crippen molar-refractivity contribution in [3.63, 3.8) is 0 Å². The molecular formula is C23H23N5O. The molecule has 2 heterocycles. The highest BCUT2D eigenvalue weighted by atomic mass is 16.1. The van der Waals surface area contributed by atoms with E-state index in [9.17, 15) is 4.79 Å². The van der Waals surface area contributed by atoms with Gasteiger partial charge in [0.05, 0.1) is 5.56 Å². The first-order valence-electron chi connectivity index (χ1n) is 9.61. The molecule has 6 heteroatoms. The minimum Gasteiger partial charge on any atom is -0.361 e. The van der Waals surface area contributed by atoms with E-state index in [2.05, 4.69) is 38.5 Å². The summed E-state index contributed by atoms with van der Waals surface area (Å²) in [7, 11) is 1.93. The second-order valence-corrected chi connectivity index (χ2v) is 6.98. The Labute approximate surface area is 169 Å². The Kier molecular flexibility index (Phi) is 5.52. The van der Waals surface area contributed by atoms with Gasteiger partial charge >= 0.3 is 0 Å². The fourth-order valence-electron chi connectivity index (χ4n) is 3.31. The fourth-order valence-corrected chi connectivity index (χ4v) is 3.31. The SMILES string of the molecule is CN(Cc1ccccc1)c1ncc(C(=O)NCCc2c[nH]c3ccccc23)cn1. The zero-order valence-electron chi connectivity index (χ0n) is 16.3. The summed E-state index contributed by atoms with van der Waals surface area (Å²) >= 11 is 0. The molecule has 0 spiro atoms. The molecule has 0 radical (unpaired) electrons. The number of aromatic amines is 1. The first-order valence-corrected chi connectivity index (χ1v) is 9.61. The molecule has 2 N–H and O–H groups in total. The molecule has 2 aromatic carbocycles. The van der Waals surface area contributed by atoms with Gasteiger partial charge in [0.2, 0.25) is 5.95 Å². The normalized spacial score (nSPS) is 10.8. The van der Waals surface area contributed by atoms with Gasteiger partial charge in [0.1, 0.15) is 0 Å². The molecule has 0 unspecified atom stereocenters. The van der Waals surface area contributed by atoms with E-state index in [0.29, 0.717) is 24.6 Å². The predicted octanol–water partition coefficient (Wildman–Crippen LogP) is 3.57. The van der Waals surface area contributed by atoms with Crippen molar-refractivity contribution in [1.29, 1.82) is 0 Å². The van der Waals surface area contributed by atoms with E-state index in [1.165, 1.54) is 16.5 Å². The van der Waals surface area contributed by atoms with E-state index >= 15 is 0 Å². The highest BCUT2D eigenvalue weighted by Crippen LogP contribution is 2.17. The van der Waals surface area contributed by atoms with Gasteiger partial charge in [-0.1, -0.05) is 48.5 Å². The first kappa shape index (κ1) is 18.7. The maximum atomic E-state index is 12.4. The van der Waals surface area contributed by atoms with Gasteiger partial charge in [-0.2, -0.15) is 0 Å². The summed E-state index contributed by atoms with van der Waals surface area (Å²) in [6.45, 7) is 1.26. The molecule has 0 fully saturated rings. The molecule has 29 heavy (non-hydrogen) atoms. The number of aromatic nitrogens is 3. The Morgan fingerprint density at radius 3 is 2.55 bits per heavy atom. The third kappa shape index (κ3) is 4.43. The molecular weight excluding hydrogens is 362 g/mol. The van der Waals surface area contributed by atoms with Crippen molar-refractivity contribution < 1.29 is 4.79 Å². The number of amides is 1. The lowest BCUT2D eigenvalue weighted by atomic mass is 10.1. The number of carbonyl (C=O) groups excluding carboxylic acids is 1. The van der Waals surface area contributed by atoms with Crippen molar-refractivity contribution in [3.05, 3.63) is 89.9 Å². The average Bonchev–Trinajstić information content (AvgIpc) is 3.18. The molecule has 0 saturated carbocycles. The number of fused-ring (bicyclic) bond motifs is 1. The Morgan fingerprint density at radius 2 is 1.76 bits per heavy atom. The highest BCUT2D eigenvalue weighted by molar-refractivity contribution is 5.93. The molecule has 0 atom stereocenters. The van der Waals surface area contributed by atoms with Crippen molar-refractivity contribution in [3.8, 4) is 0 Å². The van der Waals surface area contributed by atoms with Gasteiger partial charge in [0, 0.05) is 49.6 Å². The molecule has 146 valence electrons. The van der Waals surface area contributed by atoms with Crippen LogP contribution in [0.15, 0.2) is 73.2 Å². The summed E-state index contributed by atoms with van der Waals surface area (Å²) in [5.74, 6) is 0.422. The van der Waals surface area contributed by atoms with Crippen LogP contribution in [0, 0.1) is 0 Å². The van der Waals surface area contributed by atoms with Crippen LogP contribution in [0.25, 0.3) is 10.9 Å². The second-order valence-electron chi connectivity index (χ2n) is 6.98. The van der Waals surface area contributed by atoms with E-state index in [1.54, 1.807) is 12.4 Å². The number of benzene rings is 2. The van der Waals surface area contributed by atoms with Crippen LogP contribution in [-0.4, -0.2) is 34.5 Å². The van der Waals surface area contributed by atoms with Crippen molar-refractivity contribution >= 4 is 22.8 Å². The quantitative estimate of drug-likeness (QED) is 0.510. The van der Waals surface area contributed by atoms with Gasteiger partial charge in [0.15, 0.2) is 0 Å². The highest BCUT2D eigenvalue weighted by Gasteiger charge is 2.10. The van der Waals surface area contributed by atoms with Crippen molar-refractivity contribution in [2.75, 3.05) is 18.5 Å². The lowest BCUT2D eigenvalue weighted by molar-refractivity contribution is 0.0953. The number of para-hydroxylation sites is 1. The van der Waals surface area contributed by atoms with Crippen LogP contribution < -0.4 is 10.2 Å². The van der Waals surface area contributed by atoms with Gasteiger partial charge in [0.25, 0.3) is 5.91 Å². The number of hydrogen-bond donors (Lipinski definition) is 2. The van der Waals surface area contributed by atoms with Crippen LogP contribution in [0.5, 0.6) is 0 Å². The Morgan fingerprint density at radius 1 is 1.03 bits per heavy atom. The summed E-state index contributed by atoms with van der Waals surface area (Å²) in [4.78, 5) is 26.3. The Bertz CT molecular complexity index is 1090. The lowest BCUT2D eigenvalue weighted by Crippen LogP contribution is -2.26. The monoisotopic (exact) mass is 385 g/mol. The third-order valence-electron chi connectivity index (χ3n) is 4.86. The smallest absolute Gasteiger partial charge is 0.254 e. The number of anilines is 1. The Balaban J connectivity index is 1.32. The zero-order valence-corrected chi connectivity index (χ0v) is 16.3. The molecule has 0 saturated heterocycles. The molecule has 0 aliphatic carbocycles. The number of carbonyl (C=O) groups is 1. The summed E-state index contributed by atoms with van der Waals surface area (Å²) in [5.41, 5.74) is 3.94. The van der Waals surface area contributed by atoms with Gasteiger partial charge in [-0.3, -0.25) is 4.79 Å². The van der Waals surface area contributed by atoms with E-state index in [4.69, 9.17) is 0 Å². The number of H-pyrrole nitrogens is 1. The molecule has 4 aromatic rings. The lowest BCUT2D eigenvalue weighted by Gasteiger charge is -2.17. The van der Waals surface area contributed by atoms with Gasteiger partial charge < -0.3 is 15.2 Å². The van der Waals surface area contributed by atoms with E-state index in [-0.39, 0.29) is 5.91 Å². The van der Waals surface area contributed by atoms with Crippen LogP contribution in [0.3, 0.4) is 0 Å². The molecule has 0 aliphatic rings. The Hall–Kier alpha value is -3.67. The van der Waals surface area contributed by atoms with E-state index < -0.39 is 0 Å². The molecule has 0 aliphatic heterocycles. The largest absolute Gasteiger partial charge is 0.361 e. The van der Waals surface area contributed by atoms with Gasteiger partial charge in [-0.15, -0.1) is 0 Å². The van der Waals surface area contributed by atoms with E-state index in [1.807, 2.05) is 54.5 Å². The topological polar surface area (TPSA) is 73.9 Å². The standard InChI is InChI=1S/C23H23N5O/c1-28(16-17-7-3-2-4-8-17)23-26-14-19(15-27-23)22(29)24-12-11-18-13-25-21-10-6-5-9-20(18)21/h2-10,13-15,25H,11-12,16H2,1H3,(H,24,29). The third-order valence-corrected chi connectivity index (χ3v) is 4.86. The van der Waals surface area contributed by atoms with Crippen molar-refractivity contribution in [2.24, 2.45) is 0 Å². The maximum Gasteiger partial charge on any atom is 0.254 e. The summed E-state index contributed by atoms with van der Waals surface area (Å²) in [5, 5.41) is 4.13. The van der Waals surface area contributed by atoms with Crippen LogP contribution in [0.4, 0.5) is 5.95 Å². The molecule has 6 nitrogen and oxygen atoms in total. The van der Waals surface area contributed by atoms with Crippen LogP contribution >= 0.6 is 0 Å². The maximum absolute atomic E-state index is 12.4. The van der Waals surface area contributed by atoms with Crippen LogP contribution in [0.2, 0.25) is 0 Å². The van der Waals surface area contributed by atoms with Gasteiger partial charge in [-0.05, 0) is 23.6 Å². The number of nitrogens with one attached hydrogen (secondary N) is 2. The molecule has 0 bridgehead atoms. The summed E-state index contributed by atoms with van der Waals surface area (Å²) < 4.78 is 0. The average molecular weight is 385 g/mol. The van der Waals surface area contributed by atoms with Gasteiger partial charge in [-0.25, -0.2) is 9.97 Å². The number of nitrogens with zero attached hydrogens (tertiary/aromatic N) is 3. The predicted molar refractivity (Wildman–Crippen MR) is 115 cm³/mol. The molecule has 2 aromatic heterocycles. The molecule has 4 rings (SSSR count). The number of hydrogen-bond acceptors (Lipinski definition) is 4.